The minimum absolute atomic E-state index is 0.0735. The summed E-state index contributed by atoms with van der Waals surface area (Å²) in [6.07, 6.45) is 0.650. The summed E-state index contributed by atoms with van der Waals surface area (Å²) in [5, 5.41) is 8.14. The molecule has 0 spiro atoms. The van der Waals surface area contributed by atoms with Gasteiger partial charge >= 0.3 is 0 Å². The van der Waals surface area contributed by atoms with Crippen LogP contribution in [-0.2, 0) is 11.2 Å². The molecule has 1 aromatic heterocycles. The van der Waals surface area contributed by atoms with Gasteiger partial charge < -0.3 is 20.5 Å². The Balaban J connectivity index is 1.35. The molecule has 0 radical (unpaired) electrons. The SMILES string of the molecule is CC1c2c(Cl)cc(Cl)cc2CCN1C(=O)CNc1cc2cc(C3CNC3)[nH]c(=O)c2cc1F. The van der Waals surface area contributed by atoms with E-state index in [2.05, 4.69) is 15.6 Å². The van der Waals surface area contributed by atoms with Crippen LogP contribution in [0, 0.1) is 5.82 Å². The van der Waals surface area contributed by atoms with E-state index in [1.54, 1.807) is 17.0 Å². The Labute approximate surface area is 200 Å². The van der Waals surface area contributed by atoms with E-state index in [1.165, 1.54) is 6.07 Å². The Kier molecular flexibility index (Phi) is 5.80. The van der Waals surface area contributed by atoms with Crippen LogP contribution in [-0.4, -0.2) is 42.0 Å². The summed E-state index contributed by atoms with van der Waals surface area (Å²) in [4.78, 5) is 30.0. The van der Waals surface area contributed by atoms with Gasteiger partial charge in [-0.2, -0.15) is 0 Å². The van der Waals surface area contributed by atoms with Crippen molar-refractivity contribution in [3.8, 4) is 0 Å². The molecular formula is C24H23Cl2FN4O2. The highest BCUT2D eigenvalue weighted by molar-refractivity contribution is 6.35. The second-order valence-corrected chi connectivity index (χ2v) is 9.50. The van der Waals surface area contributed by atoms with Crippen molar-refractivity contribution >= 4 is 45.6 Å². The summed E-state index contributed by atoms with van der Waals surface area (Å²) in [6, 6.07) is 8.05. The molecule has 2 aliphatic heterocycles. The molecule has 1 unspecified atom stereocenters. The topological polar surface area (TPSA) is 77.2 Å². The van der Waals surface area contributed by atoms with Gasteiger partial charge in [0.25, 0.3) is 5.56 Å². The van der Waals surface area contributed by atoms with Crippen LogP contribution in [0.5, 0.6) is 0 Å². The third-order valence-electron chi connectivity index (χ3n) is 6.61. The lowest BCUT2D eigenvalue weighted by Gasteiger charge is -2.36. The average molecular weight is 489 g/mol. The number of hydrogen-bond donors (Lipinski definition) is 3. The second-order valence-electron chi connectivity index (χ2n) is 8.66. The number of benzene rings is 2. The predicted molar refractivity (Wildman–Crippen MR) is 129 cm³/mol. The van der Waals surface area contributed by atoms with Gasteiger partial charge in [-0.15, -0.1) is 0 Å². The molecule has 172 valence electrons. The van der Waals surface area contributed by atoms with E-state index in [9.17, 15) is 14.0 Å². The van der Waals surface area contributed by atoms with E-state index >= 15 is 0 Å². The lowest BCUT2D eigenvalue weighted by atomic mass is 9.93. The van der Waals surface area contributed by atoms with Crippen molar-refractivity contribution in [2.24, 2.45) is 0 Å². The van der Waals surface area contributed by atoms with Gasteiger partial charge in [0.1, 0.15) is 5.82 Å². The molecule has 3 heterocycles. The first-order valence-corrected chi connectivity index (χ1v) is 11.7. The second kappa shape index (κ2) is 8.63. The van der Waals surface area contributed by atoms with Crippen LogP contribution >= 0.6 is 23.2 Å². The standard InChI is InChI=1S/C24H23Cl2FN4O2/c1-12-23-13(4-16(25)7-18(23)26)2-3-31(12)22(32)11-29-21-6-14-5-20(15-9-28-10-15)30-24(33)17(14)8-19(21)27/h4-8,12,15,28-29H,2-3,9-11H2,1H3,(H,30,33). The molecular weight excluding hydrogens is 466 g/mol. The molecule has 1 fully saturated rings. The van der Waals surface area contributed by atoms with Crippen molar-refractivity contribution in [1.29, 1.82) is 0 Å². The molecule has 9 heteroatoms. The smallest absolute Gasteiger partial charge is 0.256 e. The first kappa shape index (κ1) is 22.2. The van der Waals surface area contributed by atoms with Gasteiger partial charge in [-0.25, -0.2) is 4.39 Å². The van der Waals surface area contributed by atoms with Crippen molar-refractivity contribution in [1.82, 2.24) is 15.2 Å². The Bertz CT molecular complexity index is 1320. The summed E-state index contributed by atoms with van der Waals surface area (Å²) in [5.41, 5.74) is 2.65. The number of amides is 1. The number of nitrogens with zero attached hydrogens (tertiary/aromatic N) is 1. The maximum absolute atomic E-state index is 14.7. The quantitative estimate of drug-likeness (QED) is 0.513. The normalized spacial score (nSPS) is 18.2. The van der Waals surface area contributed by atoms with Gasteiger partial charge in [0.15, 0.2) is 0 Å². The molecule has 33 heavy (non-hydrogen) atoms. The monoisotopic (exact) mass is 488 g/mol. The van der Waals surface area contributed by atoms with Crippen LogP contribution in [0.3, 0.4) is 0 Å². The number of nitrogens with one attached hydrogen (secondary N) is 3. The first-order chi connectivity index (χ1) is 15.8. The Hall–Kier alpha value is -2.61. The number of aromatic nitrogens is 1. The minimum Gasteiger partial charge on any atom is -0.374 e. The molecule has 1 amide bonds. The number of aromatic amines is 1. The third-order valence-corrected chi connectivity index (χ3v) is 7.14. The molecule has 3 aromatic rings. The highest BCUT2D eigenvalue weighted by Crippen LogP contribution is 2.37. The maximum atomic E-state index is 14.7. The lowest BCUT2D eigenvalue weighted by molar-refractivity contribution is -0.131. The maximum Gasteiger partial charge on any atom is 0.256 e. The number of pyridine rings is 1. The molecule has 0 aliphatic carbocycles. The van der Waals surface area contributed by atoms with Gasteiger partial charge in [-0.3, -0.25) is 9.59 Å². The molecule has 5 rings (SSSR count). The van der Waals surface area contributed by atoms with Gasteiger partial charge in [-0.1, -0.05) is 23.2 Å². The number of anilines is 1. The van der Waals surface area contributed by atoms with Crippen molar-refractivity contribution in [2.75, 3.05) is 31.5 Å². The van der Waals surface area contributed by atoms with E-state index in [4.69, 9.17) is 23.2 Å². The molecule has 0 saturated carbocycles. The van der Waals surface area contributed by atoms with Crippen LogP contribution in [0.2, 0.25) is 10.0 Å². The molecule has 1 saturated heterocycles. The van der Waals surface area contributed by atoms with Crippen molar-refractivity contribution in [3.05, 3.63) is 73.4 Å². The zero-order chi connectivity index (χ0) is 23.3. The zero-order valence-corrected chi connectivity index (χ0v) is 19.5. The highest BCUT2D eigenvalue weighted by Gasteiger charge is 2.29. The Morgan fingerprint density at radius 3 is 2.73 bits per heavy atom. The number of halogens is 3. The van der Waals surface area contributed by atoms with E-state index in [0.717, 1.165) is 29.9 Å². The predicted octanol–water partition coefficient (Wildman–Crippen LogP) is 4.22. The number of hydrogen-bond acceptors (Lipinski definition) is 4. The number of H-pyrrole nitrogens is 1. The summed E-state index contributed by atoms with van der Waals surface area (Å²) in [5.74, 6) is -0.491. The van der Waals surface area contributed by atoms with Crippen LogP contribution in [0.1, 0.15) is 35.7 Å². The Morgan fingerprint density at radius 2 is 2.00 bits per heavy atom. The summed E-state index contributed by atoms with van der Waals surface area (Å²) < 4.78 is 14.7. The Morgan fingerprint density at radius 1 is 1.21 bits per heavy atom. The number of carbonyl (C=O) groups is 1. The van der Waals surface area contributed by atoms with Crippen LogP contribution in [0.4, 0.5) is 10.1 Å². The highest BCUT2D eigenvalue weighted by atomic mass is 35.5. The van der Waals surface area contributed by atoms with Gasteiger partial charge in [0, 0.05) is 41.3 Å². The van der Waals surface area contributed by atoms with Crippen molar-refractivity contribution < 1.29 is 9.18 Å². The summed E-state index contributed by atoms with van der Waals surface area (Å²) in [6.45, 7) is 3.98. The number of fused-ring (bicyclic) bond motifs is 2. The average Bonchev–Trinajstić information content (AvgIpc) is 2.71. The lowest BCUT2D eigenvalue weighted by Crippen LogP contribution is -2.42. The molecule has 3 N–H and O–H groups in total. The summed E-state index contributed by atoms with van der Waals surface area (Å²) in [7, 11) is 0. The van der Waals surface area contributed by atoms with Crippen LogP contribution < -0.4 is 16.2 Å². The van der Waals surface area contributed by atoms with Gasteiger partial charge in [0.05, 0.1) is 23.7 Å². The molecule has 0 bridgehead atoms. The fraction of sp³-hybridized carbons (Fsp3) is 0.333. The van der Waals surface area contributed by atoms with E-state index in [0.29, 0.717) is 28.4 Å². The summed E-state index contributed by atoms with van der Waals surface area (Å²) >= 11 is 12.5. The first-order valence-electron chi connectivity index (χ1n) is 10.9. The van der Waals surface area contributed by atoms with E-state index in [1.807, 2.05) is 19.1 Å². The fourth-order valence-electron chi connectivity index (χ4n) is 4.69. The number of rotatable bonds is 4. The van der Waals surface area contributed by atoms with Gasteiger partial charge in [0.2, 0.25) is 5.91 Å². The largest absolute Gasteiger partial charge is 0.374 e. The minimum atomic E-state index is -0.575. The van der Waals surface area contributed by atoms with Crippen molar-refractivity contribution in [2.45, 2.75) is 25.3 Å². The van der Waals surface area contributed by atoms with Crippen LogP contribution in [0.25, 0.3) is 10.8 Å². The molecule has 6 nitrogen and oxygen atoms in total. The third kappa shape index (κ3) is 4.09. The van der Waals surface area contributed by atoms with E-state index in [-0.39, 0.29) is 41.0 Å². The molecule has 1 atom stereocenters. The molecule has 2 aromatic carbocycles. The van der Waals surface area contributed by atoms with Crippen LogP contribution in [0.15, 0.2) is 35.1 Å². The van der Waals surface area contributed by atoms with Crippen molar-refractivity contribution in [3.63, 3.8) is 0 Å². The zero-order valence-electron chi connectivity index (χ0n) is 18.0. The molecule has 2 aliphatic rings. The van der Waals surface area contributed by atoms with Gasteiger partial charge in [-0.05, 0) is 60.2 Å². The fourth-order valence-corrected chi connectivity index (χ4v) is 5.38. The van der Waals surface area contributed by atoms with E-state index < -0.39 is 5.82 Å². The number of carbonyl (C=O) groups excluding carboxylic acids is 1.